The number of aryl methyl sites for hydroxylation is 1. The number of carbonyl (C=O) groups excluding carboxylic acids is 2. The highest BCUT2D eigenvalue weighted by Gasteiger charge is 2.48. The molecule has 1 saturated heterocycles. The van der Waals surface area contributed by atoms with E-state index < -0.39 is 17.7 Å². The van der Waals surface area contributed by atoms with Gasteiger partial charge in [0.2, 0.25) is 0 Å². The third-order valence-electron chi connectivity index (χ3n) is 7.00. The molecule has 1 N–H and O–H groups in total. The minimum absolute atomic E-state index is 0.0231. The fourth-order valence-electron chi connectivity index (χ4n) is 5.19. The van der Waals surface area contributed by atoms with Crippen LogP contribution >= 0.6 is 11.3 Å². The smallest absolute Gasteiger partial charge is 0.301 e. The number of Topliss-reactive ketones (excluding diaryl/α,β-unsaturated/α-hetero) is 1. The number of benzene rings is 3. The zero-order valence-electron chi connectivity index (χ0n) is 21.9. The van der Waals surface area contributed by atoms with Gasteiger partial charge in [-0.15, -0.1) is 0 Å². The molecule has 0 saturated carbocycles. The lowest BCUT2D eigenvalue weighted by Crippen LogP contribution is -2.29. The van der Waals surface area contributed by atoms with Crippen molar-refractivity contribution in [2.24, 2.45) is 0 Å². The molecular weight excluding hydrogens is 512 g/mol. The summed E-state index contributed by atoms with van der Waals surface area (Å²) in [6, 6.07) is 17.7. The molecule has 1 amide bonds. The van der Waals surface area contributed by atoms with Crippen molar-refractivity contribution in [1.82, 2.24) is 4.98 Å². The van der Waals surface area contributed by atoms with Crippen molar-refractivity contribution in [2.75, 3.05) is 11.5 Å². The molecule has 4 aromatic rings. The lowest BCUT2D eigenvalue weighted by Gasteiger charge is -2.23. The second-order valence-electron chi connectivity index (χ2n) is 10.0. The Kier molecular flexibility index (Phi) is 6.35. The lowest BCUT2D eigenvalue weighted by atomic mass is 9.94. The van der Waals surface area contributed by atoms with Gasteiger partial charge in [0, 0.05) is 12.0 Å². The fourth-order valence-corrected chi connectivity index (χ4v) is 6.28. The predicted octanol–water partition coefficient (Wildman–Crippen LogP) is 6.34. The van der Waals surface area contributed by atoms with Crippen LogP contribution in [-0.4, -0.2) is 34.5 Å². The van der Waals surface area contributed by atoms with Gasteiger partial charge in [0.15, 0.2) is 5.13 Å². The van der Waals surface area contributed by atoms with Crippen molar-refractivity contribution in [1.29, 1.82) is 0 Å². The van der Waals surface area contributed by atoms with Crippen LogP contribution in [0.2, 0.25) is 0 Å². The molecule has 0 aliphatic carbocycles. The maximum Gasteiger partial charge on any atom is 0.301 e. The number of nitrogens with zero attached hydrogens (tertiary/aromatic N) is 2. The van der Waals surface area contributed by atoms with Gasteiger partial charge < -0.3 is 14.6 Å². The Hall–Kier alpha value is -4.17. The number of ether oxygens (including phenoxy) is 2. The van der Waals surface area contributed by atoms with Crippen molar-refractivity contribution in [2.45, 2.75) is 45.8 Å². The van der Waals surface area contributed by atoms with Crippen LogP contribution < -0.4 is 14.4 Å². The summed E-state index contributed by atoms with van der Waals surface area (Å²) in [7, 11) is 0. The number of amides is 1. The van der Waals surface area contributed by atoms with E-state index >= 15 is 0 Å². The van der Waals surface area contributed by atoms with Gasteiger partial charge in [-0.25, -0.2) is 4.98 Å². The largest absolute Gasteiger partial charge is 0.507 e. The Balaban J connectivity index is 1.52. The second kappa shape index (κ2) is 9.85. The normalized spacial score (nSPS) is 19.9. The molecule has 0 unspecified atom stereocenters. The highest BCUT2D eigenvalue weighted by atomic mass is 32.1. The summed E-state index contributed by atoms with van der Waals surface area (Å²) in [6.07, 6.45) is 1.58. The molecule has 198 valence electrons. The molecule has 6 rings (SSSR count). The SMILES string of the molecule is CCCOc1cccc([C@@H]2/C(=C(\O)c3ccc4c(c3)C[C@@H](C)O4)C(=O)C(=O)N2c2nc3ccc(C)cc3s2)c1. The fraction of sp³-hybridized carbons (Fsp3) is 0.258. The Labute approximate surface area is 230 Å². The van der Waals surface area contributed by atoms with E-state index in [2.05, 4.69) is 0 Å². The van der Waals surface area contributed by atoms with E-state index in [0.717, 1.165) is 33.5 Å². The number of rotatable bonds is 6. The number of fused-ring (bicyclic) bond motifs is 2. The summed E-state index contributed by atoms with van der Waals surface area (Å²) < 4.78 is 12.6. The zero-order chi connectivity index (χ0) is 27.3. The Morgan fingerprint density at radius 3 is 2.82 bits per heavy atom. The van der Waals surface area contributed by atoms with Gasteiger partial charge in [0.1, 0.15) is 23.4 Å². The molecule has 1 aromatic heterocycles. The van der Waals surface area contributed by atoms with E-state index in [-0.39, 0.29) is 17.4 Å². The maximum atomic E-state index is 13.6. The van der Waals surface area contributed by atoms with Gasteiger partial charge in [-0.3, -0.25) is 14.5 Å². The molecule has 7 nitrogen and oxygen atoms in total. The molecule has 0 spiro atoms. The highest BCUT2D eigenvalue weighted by Crippen LogP contribution is 2.45. The summed E-state index contributed by atoms with van der Waals surface area (Å²) >= 11 is 1.35. The van der Waals surface area contributed by atoms with E-state index in [9.17, 15) is 14.7 Å². The Bertz CT molecular complexity index is 1660. The first-order chi connectivity index (χ1) is 18.8. The molecule has 3 aromatic carbocycles. The van der Waals surface area contributed by atoms with Crippen molar-refractivity contribution in [3.8, 4) is 11.5 Å². The number of aliphatic hydroxyl groups excluding tert-OH is 1. The topological polar surface area (TPSA) is 89.0 Å². The number of aromatic nitrogens is 1. The molecule has 0 bridgehead atoms. The Morgan fingerprint density at radius 1 is 1.15 bits per heavy atom. The van der Waals surface area contributed by atoms with Crippen LogP contribution in [0.4, 0.5) is 5.13 Å². The van der Waals surface area contributed by atoms with E-state index in [1.807, 2.05) is 69.3 Å². The van der Waals surface area contributed by atoms with Crippen LogP contribution in [0.3, 0.4) is 0 Å². The van der Waals surface area contributed by atoms with Gasteiger partial charge in [-0.05, 0) is 79.4 Å². The molecule has 3 heterocycles. The van der Waals surface area contributed by atoms with Crippen LogP contribution in [0.1, 0.15) is 48.6 Å². The van der Waals surface area contributed by atoms with Crippen LogP contribution in [0.25, 0.3) is 16.0 Å². The average molecular weight is 541 g/mol. The van der Waals surface area contributed by atoms with Crippen molar-refractivity contribution < 1.29 is 24.2 Å². The number of aliphatic hydroxyl groups is 1. The minimum Gasteiger partial charge on any atom is -0.507 e. The highest BCUT2D eigenvalue weighted by molar-refractivity contribution is 7.22. The second-order valence-corrected chi connectivity index (χ2v) is 11.0. The Morgan fingerprint density at radius 2 is 2.00 bits per heavy atom. The molecule has 2 atom stereocenters. The number of ketones is 1. The third-order valence-corrected chi connectivity index (χ3v) is 8.02. The molecule has 1 fully saturated rings. The summed E-state index contributed by atoms with van der Waals surface area (Å²) in [5, 5.41) is 12.0. The molecule has 39 heavy (non-hydrogen) atoms. The van der Waals surface area contributed by atoms with Crippen LogP contribution in [0, 0.1) is 6.92 Å². The average Bonchev–Trinajstić information content (AvgIpc) is 3.59. The zero-order valence-corrected chi connectivity index (χ0v) is 22.7. The first kappa shape index (κ1) is 25.1. The first-order valence-electron chi connectivity index (χ1n) is 13.0. The summed E-state index contributed by atoms with van der Waals surface area (Å²) in [5.41, 5.74) is 3.91. The van der Waals surface area contributed by atoms with Gasteiger partial charge in [-0.1, -0.05) is 36.5 Å². The summed E-state index contributed by atoms with van der Waals surface area (Å²) in [4.78, 5) is 33.3. The lowest BCUT2D eigenvalue weighted by molar-refractivity contribution is -0.132. The molecule has 0 radical (unpaired) electrons. The predicted molar refractivity (Wildman–Crippen MR) is 152 cm³/mol. The number of hydrogen-bond donors (Lipinski definition) is 1. The van der Waals surface area contributed by atoms with E-state index in [1.165, 1.54) is 16.2 Å². The molecule has 2 aliphatic rings. The van der Waals surface area contributed by atoms with Gasteiger partial charge in [0.05, 0.1) is 28.4 Å². The monoisotopic (exact) mass is 540 g/mol. The van der Waals surface area contributed by atoms with Crippen molar-refractivity contribution in [3.05, 3.63) is 88.5 Å². The minimum atomic E-state index is -0.875. The van der Waals surface area contributed by atoms with Crippen LogP contribution in [0.15, 0.2) is 66.2 Å². The standard InChI is InChI=1S/C31H28N2O5S/c1-4-12-37-22-7-5-6-19(16-22)27-26(28(34)20-9-11-24-21(15-20)14-18(3)38-24)29(35)30(36)33(27)31-32-23-10-8-17(2)13-25(23)39-31/h5-11,13,15-16,18,27,34H,4,12,14H2,1-3H3/b28-26+/t18-,27-/m1/s1. The number of hydrogen-bond acceptors (Lipinski definition) is 7. The van der Waals surface area contributed by atoms with E-state index in [4.69, 9.17) is 14.5 Å². The van der Waals surface area contributed by atoms with E-state index in [1.54, 1.807) is 12.1 Å². The molecular formula is C31H28N2O5S. The van der Waals surface area contributed by atoms with Crippen LogP contribution in [-0.2, 0) is 16.0 Å². The van der Waals surface area contributed by atoms with Gasteiger partial charge in [-0.2, -0.15) is 0 Å². The number of anilines is 1. The summed E-state index contributed by atoms with van der Waals surface area (Å²) in [5.74, 6) is -0.307. The molecule has 8 heteroatoms. The molecule has 2 aliphatic heterocycles. The van der Waals surface area contributed by atoms with E-state index in [0.29, 0.717) is 35.0 Å². The van der Waals surface area contributed by atoms with Gasteiger partial charge in [0.25, 0.3) is 5.78 Å². The third kappa shape index (κ3) is 4.44. The number of thiazole rings is 1. The first-order valence-corrected chi connectivity index (χ1v) is 13.9. The van der Waals surface area contributed by atoms with Crippen molar-refractivity contribution >= 4 is 44.1 Å². The maximum absolute atomic E-state index is 13.6. The van der Waals surface area contributed by atoms with Gasteiger partial charge >= 0.3 is 5.91 Å². The quantitative estimate of drug-likeness (QED) is 0.174. The van der Waals surface area contributed by atoms with Crippen LogP contribution in [0.5, 0.6) is 11.5 Å². The number of carbonyl (C=O) groups is 2. The summed E-state index contributed by atoms with van der Waals surface area (Å²) in [6.45, 7) is 6.54. The van der Waals surface area contributed by atoms with Crippen molar-refractivity contribution in [3.63, 3.8) is 0 Å².